The van der Waals surface area contributed by atoms with Crippen molar-refractivity contribution in [2.45, 2.75) is 13.5 Å². The van der Waals surface area contributed by atoms with E-state index in [0.29, 0.717) is 12.1 Å². The van der Waals surface area contributed by atoms with Gasteiger partial charge in [0, 0.05) is 11.9 Å². The summed E-state index contributed by atoms with van der Waals surface area (Å²) in [4.78, 5) is 20.1. The largest absolute Gasteiger partial charge is 0.384 e. The molecule has 0 fully saturated rings. The van der Waals surface area contributed by atoms with Crippen LogP contribution in [0.25, 0.3) is 0 Å². The van der Waals surface area contributed by atoms with E-state index in [2.05, 4.69) is 15.3 Å². The van der Waals surface area contributed by atoms with E-state index in [1.54, 1.807) is 0 Å². The standard InChI is InChI=1S/C13H13ClN4O/c1-8-3-2-4-9(18-8)6-17-13(19)10-5-12(15)16-7-11(10)14/h2-5,7H,6H2,1H3,(H2,15,16)(H,17,19). The lowest BCUT2D eigenvalue weighted by atomic mass is 10.2. The summed E-state index contributed by atoms with van der Waals surface area (Å²) in [6, 6.07) is 7.07. The predicted molar refractivity (Wildman–Crippen MR) is 73.8 cm³/mol. The van der Waals surface area contributed by atoms with Gasteiger partial charge in [0.15, 0.2) is 0 Å². The lowest BCUT2D eigenvalue weighted by molar-refractivity contribution is 0.0950. The second-order valence-electron chi connectivity index (χ2n) is 4.04. The summed E-state index contributed by atoms with van der Waals surface area (Å²) >= 11 is 5.90. The molecule has 98 valence electrons. The summed E-state index contributed by atoms with van der Waals surface area (Å²) in [5, 5.41) is 3.01. The van der Waals surface area contributed by atoms with Crippen molar-refractivity contribution < 1.29 is 4.79 Å². The van der Waals surface area contributed by atoms with Crippen LogP contribution in [0.3, 0.4) is 0 Å². The number of pyridine rings is 2. The molecule has 3 N–H and O–H groups in total. The quantitative estimate of drug-likeness (QED) is 0.898. The van der Waals surface area contributed by atoms with Gasteiger partial charge in [0.25, 0.3) is 5.91 Å². The van der Waals surface area contributed by atoms with Crippen LogP contribution in [0.15, 0.2) is 30.5 Å². The molecule has 0 bridgehead atoms. The fraction of sp³-hybridized carbons (Fsp3) is 0.154. The molecular formula is C13H13ClN4O. The molecule has 19 heavy (non-hydrogen) atoms. The number of hydrogen-bond acceptors (Lipinski definition) is 4. The average molecular weight is 277 g/mol. The number of aromatic nitrogens is 2. The third kappa shape index (κ3) is 3.42. The number of rotatable bonds is 3. The predicted octanol–water partition coefficient (Wildman–Crippen LogP) is 1.95. The second kappa shape index (κ2) is 5.67. The van der Waals surface area contributed by atoms with Crippen molar-refractivity contribution in [2.24, 2.45) is 0 Å². The van der Waals surface area contributed by atoms with E-state index >= 15 is 0 Å². The Morgan fingerprint density at radius 2 is 2.26 bits per heavy atom. The highest BCUT2D eigenvalue weighted by Crippen LogP contribution is 2.16. The number of nitrogens with zero attached hydrogens (tertiary/aromatic N) is 2. The molecule has 0 aliphatic carbocycles. The van der Waals surface area contributed by atoms with Gasteiger partial charge in [0.2, 0.25) is 0 Å². The molecule has 6 heteroatoms. The van der Waals surface area contributed by atoms with Gasteiger partial charge in [0.1, 0.15) is 5.82 Å². The van der Waals surface area contributed by atoms with Gasteiger partial charge in [-0.15, -0.1) is 0 Å². The third-order valence-electron chi connectivity index (χ3n) is 2.50. The normalized spacial score (nSPS) is 10.2. The first-order chi connectivity index (χ1) is 9.06. The first-order valence-corrected chi connectivity index (χ1v) is 6.06. The van der Waals surface area contributed by atoms with Gasteiger partial charge in [-0.2, -0.15) is 0 Å². The minimum absolute atomic E-state index is 0.253. The number of aryl methyl sites for hydroxylation is 1. The number of nitrogens with two attached hydrogens (primary N) is 1. The first-order valence-electron chi connectivity index (χ1n) is 5.68. The van der Waals surface area contributed by atoms with Crippen LogP contribution in [0.5, 0.6) is 0 Å². The number of nitrogen functional groups attached to an aromatic ring is 1. The zero-order valence-electron chi connectivity index (χ0n) is 10.4. The van der Waals surface area contributed by atoms with Crippen molar-refractivity contribution >= 4 is 23.3 Å². The Labute approximate surface area is 115 Å². The molecular weight excluding hydrogens is 264 g/mol. The maximum absolute atomic E-state index is 12.0. The summed E-state index contributed by atoms with van der Waals surface area (Å²) in [7, 11) is 0. The number of amides is 1. The molecule has 2 rings (SSSR count). The van der Waals surface area contributed by atoms with Gasteiger partial charge in [-0.05, 0) is 25.1 Å². The van der Waals surface area contributed by atoms with E-state index in [-0.39, 0.29) is 16.7 Å². The monoisotopic (exact) mass is 276 g/mol. The molecule has 0 saturated carbocycles. The Kier molecular flexibility index (Phi) is 3.97. The highest BCUT2D eigenvalue weighted by Gasteiger charge is 2.11. The van der Waals surface area contributed by atoms with Crippen LogP contribution in [0, 0.1) is 6.92 Å². The molecule has 5 nitrogen and oxygen atoms in total. The Morgan fingerprint density at radius 1 is 1.47 bits per heavy atom. The summed E-state index contributed by atoms with van der Waals surface area (Å²) in [5.41, 5.74) is 7.52. The molecule has 2 heterocycles. The van der Waals surface area contributed by atoms with E-state index in [9.17, 15) is 4.79 Å². The van der Waals surface area contributed by atoms with Crippen molar-refractivity contribution in [2.75, 3.05) is 5.73 Å². The Balaban J connectivity index is 2.07. The molecule has 0 atom stereocenters. The smallest absolute Gasteiger partial charge is 0.253 e. The van der Waals surface area contributed by atoms with Crippen LogP contribution < -0.4 is 11.1 Å². The van der Waals surface area contributed by atoms with Crippen molar-refractivity contribution in [3.63, 3.8) is 0 Å². The van der Waals surface area contributed by atoms with Gasteiger partial charge in [0.05, 0.1) is 22.8 Å². The van der Waals surface area contributed by atoms with E-state index in [4.69, 9.17) is 17.3 Å². The van der Waals surface area contributed by atoms with Crippen molar-refractivity contribution in [3.8, 4) is 0 Å². The number of carbonyl (C=O) groups excluding carboxylic acids is 1. The maximum atomic E-state index is 12.0. The zero-order chi connectivity index (χ0) is 13.8. The Hall–Kier alpha value is -2.14. The molecule has 0 aliphatic rings. The highest BCUT2D eigenvalue weighted by molar-refractivity contribution is 6.33. The van der Waals surface area contributed by atoms with Gasteiger partial charge in [-0.25, -0.2) is 4.98 Å². The van der Waals surface area contributed by atoms with E-state index in [0.717, 1.165) is 11.4 Å². The van der Waals surface area contributed by atoms with E-state index in [1.807, 2.05) is 25.1 Å². The van der Waals surface area contributed by atoms with Crippen LogP contribution in [0.1, 0.15) is 21.7 Å². The summed E-state index contributed by atoms with van der Waals surface area (Å²) in [6.45, 7) is 2.23. The highest BCUT2D eigenvalue weighted by atomic mass is 35.5. The second-order valence-corrected chi connectivity index (χ2v) is 4.45. The summed E-state index contributed by atoms with van der Waals surface area (Å²) in [6.07, 6.45) is 1.36. The van der Waals surface area contributed by atoms with Crippen LogP contribution in [0.2, 0.25) is 5.02 Å². The Morgan fingerprint density at radius 3 is 3.00 bits per heavy atom. The molecule has 2 aromatic heterocycles. The fourth-order valence-electron chi connectivity index (χ4n) is 1.59. The van der Waals surface area contributed by atoms with Crippen LogP contribution in [-0.4, -0.2) is 15.9 Å². The molecule has 0 unspecified atom stereocenters. The lowest BCUT2D eigenvalue weighted by Crippen LogP contribution is -2.24. The molecule has 0 radical (unpaired) electrons. The van der Waals surface area contributed by atoms with Gasteiger partial charge >= 0.3 is 0 Å². The SMILES string of the molecule is Cc1cccc(CNC(=O)c2cc(N)ncc2Cl)n1. The molecule has 0 aliphatic heterocycles. The third-order valence-corrected chi connectivity index (χ3v) is 2.80. The number of nitrogens with one attached hydrogen (secondary N) is 1. The fourth-order valence-corrected chi connectivity index (χ4v) is 1.78. The molecule has 0 aromatic carbocycles. The summed E-state index contributed by atoms with van der Waals surface area (Å²) < 4.78 is 0. The van der Waals surface area contributed by atoms with Gasteiger partial charge in [-0.3, -0.25) is 9.78 Å². The molecule has 0 spiro atoms. The van der Waals surface area contributed by atoms with Crippen LogP contribution in [-0.2, 0) is 6.54 Å². The minimum Gasteiger partial charge on any atom is -0.384 e. The molecule has 0 saturated heterocycles. The number of carbonyl (C=O) groups is 1. The number of anilines is 1. The van der Waals surface area contributed by atoms with Crippen molar-refractivity contribution in [3.05, 3.63) is 52.4 Å². The maximum Gasteiger partial charge on any atom is 0.253 e. The zero-order valence-corrected chi connectivity index (χ0v) is 11.1. The van der Waals surface area contributed by atoms with E-state index < -0.39 is 0 Å². The minimum atomic E-state index is -0.303. The summed E-state index contributed by atoms with van der Waals surface area (Å²) in [5.74, 6) is -0.0503. The Bertz CT molecular complexity index is 615. The van der Waals surface area contributed by atoms with Gasteiger partial charge in [-0.1, -0.05) is 17.7 Å². The lowest BCUT2D eigenvalue weighted by Gasteiger charge is -2.07. The number of hydrogen-bond donors (Lipinski definition) is 2. The topological polar surface area (TPSA) is 80.9 Å². The van der Waals surface area contributed by atoms with Crippen molar-refractivity contribution in [1.29, 1.82) is 0 Å². The molecule has 2 aromatic rings. The number of halogens is 1. The van der Waals surface area contributed by atoms with Crippen LogP contribution in [0.4, 0.5) is 5.82 Å². The van der Waals surface area contributed by atoms with Crippen molar-refractivity contribution in [1.82, 2.24) is 15.3 Å². The van der Waals surface area contributed by atoms with Gasteiger partial charge < -0.3 is 11.1 Å². The van der Waals surface area contributed by atoms with E-state index in [1.165, 1.54) is 12.3 Å². The average Bonchev–Trinajstić information content (AvgIpc) is 2.39. The molecule has 1 amide bonds. The van der Waals surface area contributed by atoms with Crippen LogP contribution >= 0.6 is 11.6 Å². The first kappa shape index (κ1) is 13.3.